The van der Waals surface area contributed by atoms with Crippen molar-refractivity contribution in [1.82, 2.24) is 4.98 Å². The zero-order chi connectivity index (χ0) is 14.2. The van der Waals surface area contributed by atoms with Crippen molar-refractivity contribution in [2.24, 2.45) is 5.41 Å². The van der Waals surface area contributed by atoms with E-state index in [2.05, 4.69) is 16.4 Å². The summed E-state index contributed by atoms with van der Waals surface area (Å²) in [6.07, 6.45) is 3.28. The van der Waals surface area contributed by atoms with Crippen LogP contribution in [-0.4, -0.2) is 23.2 Å². The maximum Gasteiger partial charge on any atom is 0.0727 e. The molecule has 1 heterocycles. The standard InChI is InChI=1S/C16H21N3O/c1-11-8-15(18-10-16(4-5-16)6-7-20)13-9-12(17)2-3-14(13)19-11/h2-3,8-9,20H,4-7,10,17H2,1H3,(H,18,19). The lowest BCUT2D eigenvalue weighted by atomic mass is 10.0. The summed E-state index contributed by atoms with van der Waals surface area (Å²) in [5.74, 6) is 0. The minimum atomic E-state index is 0.269. The Bertz CT molecular complexity index is 635. The fraction of sp³-hybridized carbons (Fsp3) is 0.438. The van der Waals surface area contributed by atoms with Gasteiger partial charge in [0.05, 0.1) is 5.52 Å². The number of nitrogens with one attached hydrogen (secondary N) is 1. The molecule has 20 heavy (non-hydrogen) atoms. The first-order valence-electron chi connectivity index (χ1n) is 7.14. The summed E-state index contributed by atoms with van der Waals surface area (Å²) in [4.78, 5) is 4.54. The first-order chi connectivity index (χ1) is 9.62. The lowest BCUT2D eigenvalue weighted by Crippen LogP contribution is -2.17. The van der Waals surface area contributed by atoms with Gasteiger partial charge < -0.3 is 16.2 Å². The van der Waals surface area contributed by atoms with Gasteiger partial charge in [0.2, 0.25) is 0 Å². The Morgan fingerprint density at radius 3 is 2.85 bits per heavy atom. The number of nitrogens with two attached hydrogens (primary N) is 1. The molecule has 4 nitrogen and oxygen atoms in total. The van der Waals surface area contributed by atoms with Crippen LogP contribution in [0.15, 0.2) is 24.3 Å². The van der Waals surface area contributed by atoms with Crippen molar-refractivity contribution in [3.8, 4) is 0 Å². The summed E-state index contributed by atoms with van der Waals surface area (Å²) < 4.78 is 0. The number of nitrogens with zero attached hydrogens (tertiary/aromatic N) is 1. The Labute approximate surface area is 119 Å². The van der Waals surface area contributed by atoms with Crippen LogP contribution in [0.3, 0.4) is 0 Å². The average Bonchev–Trinajstić information content (AvgIpc) is 3.17. The molecule has 0 atom stereocenters. The van der Waals surface area contributed by atoms with E-state index in [0.29, 0.717) is 5.41 Å². The van der Waals surface area contributed by atoms with Crippen molar-refractivity contribution in [2.75, 3.05) is 24.2 Å². The van der Waals surface area contributed by atoms with Crippen LogP contribution in [0.4, 0.5) is 11.4 Å². The molecular weight excluding hydrogens is 250 g/mol. The number of aliphatic hydroxyl groups is 1. The second-order valence-electron chi connectivity index (χ2n) is 5.91. The lowest BCUT2D eigenvalue weighted by molar-refractivity contribution is 0.253. The van der Waals surface area contributed by atoms with Gasteiger partial charge in [-0.05, 0) is 55.9 Å². The SMILES string of the molecule is Cc1cc(NCC2(CCO)CC2)c2cc(N)ccc2n1. The summed E-state index contributed by atoms with van der Waals surface area (Å²) in [5.41, 5.74) is 9.98. The molecule has 4 heteroatoms. The summed E-state index contributed by atoms with van der Waals surface area (Å²) in [5, 5.41) is 13.7. The zero-order valence-electron chi connectivity index (χ0n) is 11.8. The van der Waals surface area contributed by atoms with Crippen LogP contribution in [0.2, 0.25) is 0 Å². The van der Waals surface area contributed by atoms with E-state index in [1.807, 2.05) is 25.1 Å². The maximum absolute atomic E-state index is 9.14. The van der Waals surface area contributed by atoms with Gasteiger partial charge in [0.15, 0.2) is 0 Å². The van der Waals surface area contributed by atoms with Crippen LogP contribution in [0.25, 0.3) is 10.9 Å². The first-order valence-corrected chi connectivity index (χ1v) is 7.14. The van der Waals surface area contributed by atoms with Gasteiger partial charge in [-0.25, -0.2) is 0 Å². The molecule has 3 rings (SSSR count). The van der Waals surface area contributed by atoms with E-state index in [-0.39, 0.29) is 6.61 Å². The molecule has 0 amide bonds. The number of aromatic nitrogens is 1. The van der Waals surface area contributed by atoms with Crippen LogP contribution in [0.5, 0.6) is 0 Å². The van der Waals surface area contributed by atoms with Crippen LogP contribution < -0.4 is 11.1 Å². The molecule has 0 spiro atoms. The predicted molar refractivity (Wildman–Crippen MR) is 82.8 cm³/mol. The van der Waals surface area contributed by atoms with Gasteiger partial charge in [0, 0.05) is 35.6 Å². The second-order valence-corrected chi connectivity index (χ2v) is 5.91. The summed E-state index contributed by atoms with van der Waals surface area (Å²) in [6.45, 7) is 3.17. The minimum Gasteiger partial charge on any atom is -0.399 e. The number of pyridine rings is 1. The lowest BCUT2D eigenvalue weighted by Gasteiger charge is -2.17. The first kappa shape index (κ1) is 13.2. The quantitative estimate of drug-likeness (QED) is 0.731. The fourth-order valence-electron chi connectivity index (χ4n) is 2.73. The molecule has 1 aliphatic rings. The Morgan fingerprint density at radius 1 is 1.35 bits per heavy atom. The van der Waals surface area contributed by atoms with Gasteiger partial charge in [0.1, 0.15) is 0 Å². The number of benzene rings is 1. The minimum absolute atomic E-state index is 0.269. The molecule has 0 saturated heterocycles. The third kappa shape index (κ3) is 2.56. The van der Waals surface area contributed by atoms with Crippen molar-refractivity contribution >= 4 is 22.3 Å². The Balaban J connectivity index is 1.88. The molecule has 1 aromatic carbocycles. The average molecular weight is 271 g/mol. The van der Waals surface area contributed by atoms with E-state index in [4.69, 9.17) is 10.8 Å². The van der Waals surface area contributed by atoms with E-state index in [0.717, 1.165) is 40.9 Å². The normalized spacial score (nSPS) is 16.3. The molecule has 1 fully saturated rings. The molecule has 106 valence electrons. The monoisotopic (exact) mass is 271 g/mol. The Kier molecular flexibility index (Phi) is 3.26. The highest BCUT2D eigenvalue weighted by molar-refractivity contribution is 5.93. The highest BCUT2D eigenvalue weighted by Gasteiger charge is 2.41. The van der Waals surface area contributed by atoms with Gasteiger partial charge in [-0.2, -0.15) is 0 Å². The number of aryl methyl sites for hydroxylation is 1. The van der Waals surface area contributed by atoms with E-state index in [1.54, 1.807) is 0 Å². The van der Waals surface area contributed by atoms with Crippen molar-refractivity contribution in [1.29, 1.82) is 0 Å². The molecular formula is C16H21N3O. The molecule has 0 bridgehead atoms. The van der Waals surface area contributed by atoms with Crippen LogP contribution in [0.1, 0.15) is 25.0 Å². The van der Waals surface area contributed by atoms with Crippen LogP contribution in [0, 0.1) is 12.3 Å². The topological polar surface area (TPSA) is 71.2 Å². The zero-order valence-corrected chi connectivity index (χ0v) is 11.8. The third-order valence-electron chi connectivity index (χ3n) is 4.21. The Hall–Kier alpha value is -1.81. The van der Waals surface area contributed by atoms with Gasteiger partial charge in [-0.3, -0.25) is 4.98 Å². The fourth-order valence-corrected chi connectivity index (χ4v) is 2.73. The molecule has 2 aromatic rings. The second kappa shape index (κ2) is 4.94. The Morgan fingerprint density at radius 2 is 2.15 bits per heavy atom. The number of fused-ring (bicyclic) bond motifs is 1. The summed E-state index contributed by atoms with van der Waals surface area (Å²) in [7, 11) is 0. The molecule has 4 N–H and O–H groups in total. The summed E-state index contributed by atoms with van der Waals surface area (Å²) in [6, 6.07) is 7.88. The number of anilines is 2. The van der Waals surface area contributed by atoms with Gasteiger partial charge in [-0.15, -0.1) is 0 Å². The molecule has 0 radical (unpaired) electrons. The largest absolute Gasteiger partial charge is 0.399 e. The van der Waals surface area contributed by atoms with E-state index in [9.17, 15) is 0 Å². The number of aliphatic hydroxyl groups excluding tert-OH is 1. The van der Waals surface area contributed by atoms with Crippen molar-refractivity contribution in [2.45, 2.75) is 26.2 Å². The number of hydrogen-bond donors (Lipinski definition) is 3. The molecule has 1 aromatic heterocycles. The van der Waals surface area contributed by atoms with Crippen molar-refractivity contribution < 1.29 is 5.11 Å². The summed E-state index contributed by atoms with van der Waals surface area (Å²) >= 11 is 0. The number of nitrogen functional groups attached to an aromatic ring is 1. The van der Waals surface area contributed by atoms with Crippen LogP contribution in [-0.2, 0) is 0 Å². The van der Waals surface area contributed by atoms with Crippen LogP contribution >= 0.6 is 0 Å². The van der Waals surface area contributed by atoms with E-state index in [1.165, 1.54) is 12.8 Å². The molecule has 0 aliphatic heterocycles. The third-order valence-corrected chi connectivity index (χ3v) is 4.21. The van der Waals surface area contributed by atoms with Gasteiger partial charge in [-0.1, -0.05) is 0 Å². The smallest absolute Gasteiger partial charge is 0.0727 e. The molecule has 1 saturated carbocycles. The van der Waals surface area contributed by atoms with E-state index < -0.39 is 0 Å². The number of rotatable bonds is 5. The van der Waals surface area contributed by atoms with Gasteiger partial charge in [0.25, 0.3) is 0 Å². The van der Waals surface area contributed by atoms with Crippen molar-refractivity contribution in [3.05, 3.63) is 30.0 Å². The van der Waals surface area contributed by atoms with E-state index >= 15 is 0 Å². The molecule has 1 aliphatic carbocycles. The van der Waals surface area contributed by atoms with Crippen molar-refractivity contribution in [3.63, 3.8) is 0 Å². The number of hydrogen-bond acceptors (Lipinski definition) is 4. The molecule has 0 unspecified atom stereocenters. The highest BCUT2D eigenvalue weighted by atomic mass is 16.3. The maximum atomic E-state index is 9.14. The highest BCUT2D eigenvalue weighted by Crippen LogP contribution is 2.48. The van der Waals surface area contributed by atoms with Gasteiger partial charge >= 0.3 is 0 Å². The predicted octanol–water partition coefficient (Wildman–Crippen LogP) is 2.70.